The van der Waals surface area contributed by atoms with E-state index in [9.17, 15) is 17.6 Å². The molecule has 1 heterocycles. The second kappa shape index (κ2) is 5.02. The molecule has 2 rings (SSSR count). The van der Waals surface area contributed by atoms with Gasteiger partial charge in [-0.15, -0.1) is 0 Å². The standard InChI is InChI=1S/C11H11F4NO3/c12-10(13)11(14,15)5-19-7-4-9-8(3-6(7)16)17-1-2-18-9/h3-4,10H,1-2,5,16H2. The molecule has 8 heteroatoms. The monoisotopic (exact) mass is 281 g/mol. The Balaban J connectivity index is 2.13. The van der Waals surface area contributed by atoms with Crippen LogP contribution in [0.3, 0.4) is 0 Å². The van der Waals surface area contributed by atoms with E-state index in [0.717, 1.165) is 0 Å². The normalized spacial score (nSPS) is 14.6. The summed E-state index contributed by atoms with van der Waals surface area (Å²) < 4.78 is 64.5. The van der Waals surface area contributed by atoms with Crippen LogP contribution in [-0.2, 0) is 0 Å². The lowest BCUT2D eigenvalue weighted by Gasteiger charge is -2.21. The molecule has 1 aromatic carbocycles. The van der Waals surface area contributed by atoms with E-state index in [2.05, 4.69) is 4.74 Å². The highest BCUT2D eigenvalue weighted by atomic mass is 19.3. The van der Waals surface area contributed by atoms with Gasteiger partial charge in [0.1, 0.15) is 19.0 Å². The van der Waals surface area contributed by atoms with E-state index in [1.807, 2.05) is 0 Å². The topological polar surface area (TPSA) is 53.7 Å². The number of nitrogen functional groups attached to an aromatic ring is 1. The van der Waals surface area contributed by atoms with Crippen molar-refractivity contribution in [1.82, 2.24) is 0 Å². The number of benzene rings is 1. The molecule has 0 aliphatic carbocycles. The molecule has 0 atom stereocenters. The van der Waals surface area contributed by atoms with Crippen molar-refractivity contribution in [2.24, 2.45) is 0 Å². The molecular weight excluding hydrogens is 270 g/mol. The highest BCUT2D eigenvalue weighted by Crippen LogP contribution is 2.38. The summed E-state index contributed by atoms with van der Waals surface area (Å²) in [7, 11) is 0. The van der Waals surface area contributed by atoms with Crippen LogP contribution in [0.1, 0.15) is 0 Å². The summed E-state index contributed by atoms with van der Waals surface area (Å²) in [5.74, 6) is -3.75. The number of rotatable bonds is 4. The Labute approximate surface area is 106 Å². The summed E-state index contributed by atoms with van der Waals surface area (Å²) in [6, 6.07) is 2.58. The van der Waals surface area contributed by atoms with Crippen molar-refractivity contribution in [3.63, 3.8) is 0 Å². The molecule has 1 aromatic rings. The van der Waals surface area contributed by atoms with Crippen molar-refractivity contribution >= 4 is 5.69 Å². The first-order valence-electron chi connectivity index (χ1n) is 5.38. The third-order valence-corrected chi connectivity index (χ3v) is 2.41. The van der Waals surface area contributed by atoms with Crippen LogP contribution in [0.5, 0.6) is 17.2 Å². The van der Waals surface area contributed by atoms with Gasteiger partial charge >= 0.3 is 12.3 Å². The van der Waals surface area contributed by atoms with Gasteiger partial charge in [-0.25, -0.2) is 8.78 Å². The number of hydrogen-bond donors (Lipinski definition) is 1. The maximum Gasteiger partial charge on any atom is 0.340 e. The van der Waals surface area contributed by atoms with E-state index in [1.54, 1.807) is 0 Å². The van der Waals surface area contributed by atoms with E-state index >= 15 is 0 Å². The Kier molecular flexibility index (Phi) is 3.59. The summed E-state index contributed by atoms with van der Waals surface area (Å²) in [5.41, 5.74) is 5.57. The number of fused-ring (bicyclic) bond motifs is 1. The molecule has 1 aliphatic rings. The van der Waals surface area contributed by atoms with Gasteiger partial charge in [-0.05, 0) is 0 Å². The Morgan fingerprint density at radius 1 is 1.21 bits per heavy atom. The highest BCUT2D eigenvalue weighted by molar-refractivity contribution is 5.62. The molecule has 0 saturated carbocycles. The van der Waals surface area contributed by atoms with E-state index in [0.29, 0.717) is 19.0 Å². The number of hydrogen-bond acceptors (Lipinski definition) is 4. The molecule has 0 amide bonds. The minimum atomic E-state index is -4.24. The van der Waals surface area contributed by atoms with Crippen LogP contribution in [0.4, 0.5) is 23.2 Å². The van der Waals surface area contributed by atoms with E-state index in [-0.39, 0.29) is 17.2 Å². The Bertz CT molecular complexity index is 467. The third-order valence-electron chi connectivity index (χ3n) is 2.41. The molecule has 106 valence electrons. The first kappa shape index (κ1) is 13.6. The van der Waals surface area contributed by atoms with Gasteiger partial charge in [-0.2, -0.15) is 8.78 Å². The molecule has 0 spiro atoms. The Morgan fingerprint density at radius 3 is 2.37 bits per heavy atom. The van der Waals surface area contributed by atoms with Crippen LogP contribution in [0.25, 0.3) is 0 Å². The Morgan fingerprint density at radius 2 is 1.79 bits per heavy atom. The highest BCUT2D eigenvalue weighted by Gasteiger charge is 2.41. The molecule has 0 saturated heterocycles. The van der Waals surface area contributed by atoms with Crippen LogP contribution in [-0.4, -0.2) is 32.2 Å². The summed E-state index contributed by atoms with van der Waals surface area (Å²) in [6.07, 6.45) is -3.80. The lowest BCUT2D eigenvalue weighted by atomic mass is 10.2. The largest absolute Gasteiger partial charge is 0.486 e. The van der Waals surface area contributed by atoms with E-state index in [1.165, 1.54) is 12.1 Å². The van der Waals surface area contributed by atoms with Crippen molar-refractivity contribution < 1.29 is 31.8 Å². The molecule has 0 radical (unpaired) electrons. The van der Waals surface area contributed by atoms with Gasteiger partial charge in [-0.3, -0.25) is 0 Å². The summed E-state index contributed by atoms with van der Waals surface area (Å²) >= 11 is 0. The number of alkyl halides is 4. The maximum absolute atomic E-state index is 12.7. The molecule has 0 unspecified atom stereocenters. The lowest BCUT2D eigenvalue weighted by Crippen LogP contribution is -2.33. The average molecular weight is 281 g/mol. The average Bonchev–Trinajstić information content (AvgIpc) is 2.36. The summed E-state index contributed by atoms with van der Waals surface area (Å²) in [4.78, 5) is 0. The third kappa shape index (κ3) is 2.94. The van der Waals surface area contributed by atoms with Crippen molar-refractivity contribution in [1.29, 1.82) is 0 Å². The first-order valence-corrected chi connectivity index (χ1v) is 5.38. The number of anilines is 1. The minimum Gasteiger partial charge on any atom is -0.486 e. The predicted molar refractivity (Wildman–Crippen MR) is 58.3 cm³/mol. The van der Waals surface area contributed by atoms with E-state index in [4.69, 9.17) is 15.2 Å². The quantitative estimate of drug-likeness (QED) is 0.679. The number of halogens is 4. The lowest BCUT2D eigenvalue weighted by molar-refractivity contribution is -0.148. The fourth-order valence-electron chi connectivity index (χ4n) is 1.45. The fourth-order valence-corrected chi connectivity index (χ4v) is 1.45. The van der Waals surface area contributed by atoms with Gasteiger partial charge < -0.3 is 19.9 Å². The van der Waals surface area contributed by atoms with Crippen LogP contribution in [0.2, 0.25) is 0 Å². The van der Waals surface area contributed by atoms with Crippen LogP contribution >= 0.6 is 0 Å². The van der Waals surface area contributed by atoms with Crippen molar-refractivity contribution in [3.05, 3.63) is 12.1 Å². The van der Waals surface area contributed by atoms with Crippen LogP contribution in [0.15, 0.2) is 12.1 Å². The SMILES string of the molecule is Nc1cc2c(cc1OCC(F)(F)C(F)F)OCCO2. The second-order valence-electron chi connectivity index (χ2n) is 3.88. The summed E-state index contributed by atoms with van der Waals surface area (Å²) in [6.45, 7) is -0.825. The van der Waals surface area contributed by atoms with Crippen LogP contribution < -0.4 is 19.9 Å². The smallest absolute Gasteiger partial charge is 0.340 e. The predicted octanol–water partition coefficient (Wildman–Crippen LogP) is 2.32. The number of ether oxygens (including phenoxy) is 3. The molecule has 2 N–H and O–H groups in total. The van der Waals surface area contributed by atoms with Crippen LogP contribution in [0, 0.1) is 0 Å². The zero-order valence-corrected chi connectivity index (χ0v) is 9.67. The first-order chi connectivity index (χ1) is 8.90. The van der Waals surface area contributed by atoms with E-state index < -0.39 is 19.0 Å². The van der Waals surface area contributed by atoms with Gasteiger partial charge in [0.15, 0.2) is 18.1 Å². The fraction of sp³-hybridized carbons (Fsp3) is 0.455. The molecule has 19 heavy (non-hydrogen) atoms. The molecule has 0 bridgehead atoms. The van der Waals surface area contributed by atoms with Crippen molar-refractivity contribution in [2.45, 2.75) is 12.3 Å². The summed E-state index contributed by atoms with van der Waals surface area (Å²) in [5, 5.41) is 0. The minimum absolute atomic E-state index is 0.00863. The van der Waals surface area contributed by atoms with Gasteiger partial charge in [0, 0.05) is 12.1 Å². The second-order valence-corrected chi connectivity index (χ2v) is 3.88. The zero-order chi connectivity index (χ0) is 14.0. The van der Waals surface area contributed by atoms with Crippen molar-refractivity contribution in [3.8, 4) is 17.2 Å². The molecule has 4 nitrogen and oxygen atoms in total. The molecular formula is C11H11F4NO3. The van der Waals surface area contributed by atoms with Gasteiger partial charge in [0.05, 0.1) is 5.69 Å². The van der Waals surface area contributed by atoms with Gasteiger partial charge in [0.25, 0.3) is 0 Å². The van der Waals surface area contributed by atoms with Crippen molar-refractivity contribution in [2.75, 3.05) is 25.6 Å². The zero-order valence-electron chi connectivity index (χ0n) is 9.67. The molecule has 0 fully saturated rings. The Hall–Kier alpha value is -1.86. The van der Waals surface area contributed by atoms with Gasteiger partial charge in [0.2, 0.25) is 0 Å². The van der Waals surface area contributed by atoms with Gasteiger partial charge in [-0.1, -0.05) is 0 Å². The maximum atomic E-state index is 12.7. The molecule has 0 aromatic heterocycles. The number of nitrogens with two attached hydrogens (primary N) is 1. The molecule has 1 aliphatic heterocycles.